The maximum atomic E-state index is 12.1. The van der Waals surface area contributed by atoms with Crippen LogP contribution in [0.1, 0.15) is 6.92 Å². The highest BCUT2D eigenvalue weighted by Gasteiger charge is 2.32. The molecule has 0 spiro atoms. The molecule has 17 heavy (non-hydrogen) atoms. The molecule has 0 radical (unpaired) electrons. The molecule has 0 aliphatic heterocycles. The van der Waals surface area contributed by atoms with Crippen LogP contribution in [0, 0.1) is 0 Å². The molecule has 0 fully saturated rings. The Hall–Kier alpha value is -1.92. The SMILES string of the molecule is CC(Nc1ccccc1OC(F)(F)F)C(N)=O. The van der Waals surface area contributed by atoms with E-state index in [0.29, 0.717) is 0 Å². The van der Waals surface area contributed by atoms with Crippen LogP contribution in [0.25, 0.3) is 0 Å². The van der Waals surface area contributed by atoms with Gasteiger partial charge >= 0.3 is 6.36 Å². The van der Waals surface area contributed by atoms with Gasteiger partial charge in [0.05, 0.1) is 5.69 Å². The van der Waals surface area contributed by atoms with Crippen LogP contribution in [0.4, 0.5) is 18.9 Å². The maximum absolute atomic E-state index is 12.1. The Balaban J connectivity index is 2.88. The lowest BCUT2D eigenvalue weighted by Crippen LogP contribution is -2.32. The smallest absolute Gasteiger partial charge is 0.404 e. The first-order valence-corrected chi connectivity index (χ1v) is 4.70. The number of para-hydroxylation sites is 2. The minimum absolute atomic E-state index is 0.0520. The largest absolute Gasteiger partial charge is 0.573 e. The van der Waals surface area contributed by atoms with Crippen LogP contribution in [0.5, 0.6) is 5.75 Å². The second-order valence-electron chi connectivity index (χ2n) is 3.31. The molecule has 3 N–H and O–H groups in total. The Morgan fingerprint density at radius 3 is 2.53 bits per heavy atom. The molecule has 0 saturated carbocycles. The number of carbonyl (C=O) groups is 1. The second-order valence-corrected chi connectivity index (χ2v) is 3.31. The van der Waals surface area contributed by atoms with E-state index < -0.39 is 24.1 Å². The van der Waals surface area contributed by atoms with Gasteiger partial charge in [-0.3, -0.25) is 4.79 Å². The van der Waals surface area contributed by atoms with Gasteiger partial charge in [0.25, 0.3) is 0 Å². The molecule has 0 bridgehead atoms. The van der Waals surface area contributed by atoms with Crippen molar-refractivity contribution < 1.29 is 22.7 Å². The standard InChI is InChI=1S/C10H11F3N2O2/c1-6(9(14)16)15-7-4-2-3-5-8(7)17-10(11,12)13/h2-6,15H,1H3,(H2,14,16). The van der Waals surface area contributed by atoms with Crippen molar-refractivity contribution in [2.45, 2.75) is 19.3 Å². The molecule has 1 unspecified atom stereocenters. The number of nitrogens with two attached hydrogens (primary N) is 1. The van der Waals surface area contributed by atoms with Crippen LogP contribution < -0.4 is 15.8 Å². The summed E-state index contributed by atoms with van der Waals surface area (Å²) in [5, 5.41) is 2.53. The lowest BCUT2D eigenvalue weighted by molar-refractivity contribution is -0.274. The number of carbonyl (C=O) groups excluding carboxylic acids is 1. The molecule has 7 heteroatoms. The number of primary amides is 1. The van der Waals surface area contributed by atoms with Gasteiger partial charge in [-0.25, -0.2) is 0 Å². The van der Waals surface area contributed by atoms with Gasteiger partial charge in [0.1, 0.15) is 6.04 Å². The Bertz CT molecular complexity index is 407. The Morgan fingerprint density at radius 1 is 1.41 bits per heavy atom. The molecule has 0 aromatic heterocycles. The molecule has 1 atom stereocenters. The topological polar surface area (TPSA) is 64.3 Å². The molecule has 1 amide bonds. The Kier molecular flexibility index (Phi) is 3.82. The van der Waals surface area contributed by atoms with Crippen molar-refractivity contribution in [1.29, 1.82) is 0 Å². The normalized spacial score (nSPS) is 12.9. The summed E-state index contributed by atoms with van der Waals surface area (Å²) in [5.41, 5.74) is 5.05. The van der Waals surface area contributed by atoms with E-state index in [-0.39, 0.29) is 5.69 Å². The molecule has 0 heterocycles. The van der Waals surface area contributed by atoms with Gasteiger partial charge in [-0.2, -0.15) is 0 Å². The number of anilines is 1. The average molecular weight is 248 g/mol. The van der Waals surface area contributed by atoms with Gasteiger partial charge in [-0.15, -0.1) is 13.2 Å². The van der Waals surface area contributed by atoms with Gasteiger partial charge in [0.2, 0.25) is 5.91 Å². The summed E-state index contributed by atoms with van der Waals surface area (Å²) in [6.07, 6.45) is -4.78. The van der Waals surface area contributed by atoms with E-state index >= 15 is 0 Å². The van der Waals surface area contributed by atoms with E-state index in [9.17, 15) is 18.0 Å². The summed E-state index contributed by atoms with van der Waals surface area (Å²) < 4.78 is 40.0. The lowest BCUT2D eigenvalue weighted by Gasteiger charge is -2.16. The molecule has 1 aromatic rings. The number of nitrogens with one attached hydrogen (secondary N) is 1. The summed E-state index contributed by atoms with van der Waals surface area (Å²) in [7, 11) is 0. The van der Waals surface area contributed by atoms with E-state index in [4.69, 9.17) is 5.73 Å². The van der Waals surface area contributed by atoms with Gasteiger partial charge in [0, 0.05) is 0 Å². The zero-order valence-electron chi connectivity index (χ0n) is 8.91. The molecule has 1 aromatic carbocycles. The molecule has 94 valence electrons. The fourth-order valence-electron chi connectivity index (χ4n) is 1.10. The number of halogens is 3. The third kappa shape index (κ3) is 4.21. The van der Waals surface area contributed by atoms with E-state index in [1.54, 1.807) is 0 Å². The number of hydrogen-bond acceptors (Lipinski definition) is 3. The molecule has 0 saturated heterocycles. The first-order valence-electron chi connectivity index (χ1n) is 4.70. The summed E-state index contributed by atoms with van der Waals surface area (Å²) in [5.74, 6) is -1.08. The minimum atomic E-state index is -4.78. The minimum Gasteiger partial charge on any atom is -0.404 e. The van der Waals surface area contributed by atoms with Crippen molar-refractivity contribution >= 4 is 11.6 Å². The number of ether oxygens (including phenoxy) is 1. The van der Waals surface area contributed by atoms with E-state index in [0.717, 1.165) is 6.07 Å². The van der Waals surface area contributed by atoms with E-state index in [1.807, 2.05) is 0 Å². The van der Waals surface area contributed by atoms with Crippen LogP contribution in [-0.2, 0) is 4.79 Å². The fraction of sp³-hybridized carbons (Fsp3) is 0.300. The highest BCUT2D eigenvalue weighted by atomic mass is 19.4. The average Bonchev–Trinajstić information content (AvgIpc) is 2.18. The van der Waals surface area contributed by atoms with Crippen LogP contribution in [0.2, 0.25) is 0 Å². The number of amides is 1. The molecular formula is C10H11F3N2O2. The molecule has 0 aliphatic carbocycles. The summed E-state index contributed by atoms with van der Waals surface area (Å²) >= 11 is 0. The Morgan fingerprint density at radius 2 is 2.00 bits per heavy atom. The fourth-order valence-corrected chi connectivity index (χ4v) is 1.10. The maximum Gasteiger partial charge on any atom is 0.573 e. The van der Waals surface area contributed by atoms with Crippen LogP contribution in [0.15, 0.2) is 24.3 Å². The van der Waals surface area contributed by atoms with Crippen molar-refractivity contribution in [2.75, 3.05) is 5.32 Å². The van der Waals surface area contributed by atoms with Gasteiger partial charge in [-0.05, 0) is 19.1 Å². The number of benzene rings is 1. The summed E-state index contributed by atoms with van der Waals surface area (Å²) in [6, 6.07) is 4.61. The molecule has 1 rings (SSSR count). The van der Waals surface area contributed by atoms with Crippen LogP contribution in [-0.4, -0.2) is 18.3 Å². The lowest BCUT2D eigenvalue weighted by atomic mass is 10.2. The summed E-state index contributed by atoms with van der Waals surface area (Å²) in [6.45, 7) is 1.44. The molecular weight excluding hydrogens is 237 g/mol. The number of alkyl halides is 3. The van der Waals surface area contributed by atoms with Gasteiger partial charge in [-0.1, -0.05) is 12.1 Å². The van der Waals surface area contributed by atoms with E-state index in [2.05, 4.69) is 10.1 Å². The van der Waals surface area contributed by atoms with Crippen molar-refractivity contribution in [1.82, 2.24) is 0 Å². The molecule has 4 nitrogen and oxygen atoms in total. The van der Waals surface area contributed by atoms with Crippen molar-refractivity contribution in [2.24, 2.45) is 5.73 Å². The quantitative estimate of drug-likeness (QED) is 0.854. The first-order chi connectivity index (χ1) is 7.79. The molecule has 0 aliphatic rings. The highest BCUT2D eigenvalue weighted by molar-refractivity contribution is 5.83. The highest BCUT2D eigenvalue weighted by Crippen LogP contribution is 2.30. The third-order valence-electron chi connectivity index (χ3n) is 1.91. The summed E-state index contributed by atoms with van der Waals surface area (Å²) in [4.78, 5) is 10.8. The predicted molar refractivity (Wildman–Crippen MR) is 55.4 cm³/mol. The zero-order chi connectivity index (χ0) is 13.1. The number of rotatable bonds is 4. The van der Waals surface area contributed by atoms with Crippen molar-refractivity contribution in [3.63, 3.8) is 0 Å². The zero-order valence-corrected chi connectivity index (χ0v) is 8.91. The van der Waals surface area contributed by atoms with Crippen LogP contribution in [0.3, 0.4) is 0 Å². The predicted octanol–water partition coefficient (Wildman–Crippen LogP) is 1.87. The second kappa shape index (κ2) is 4.94. The van der Waals surface area contributed by atoms with Gasteiger partial charge in [0.15, 0.2) is 5.75 Å². The van der Waals surface area contributed by atoms with Crippen LogP contribution >= 0.6 is 0 Å². The van der Waals surface area contributed by atoms with E-state index in [1.165, 1.54) is 25.1 Å². The Labute approximate surface area is 95.6 Å². The van der Waals surface area contributed by atoms with Crippen molar-refractivity contribution in [3.05, 3.63) is 24.3 Å². The first kappa shape index (κ1) is 13.1. The monoisotopic (exact) mass is 248 g/mol. The third-order valence-corrected chi connectivity index (χ3v) is 1.91. The van der Waals surface area contributed by atoms with Crippen molar-refractivity contribution in [3.8, 4) is 5.75 Å². The number of hydrogen-bond donors (Lipinski definition) is 2. The van der Waals surface area contributed by atoms with Gasteiger partial charge < -0.3 is 15.8 Å².